The lowest BCUT2D eigenvalue weighted by atomic mass is 10.1. The first kappa shape index (κ1) is 30.6. The average molecular weight is 613 g/mol. The second-order valence-electron chi connectivity index (χ2n) is 10.0. The molecule has 1 saturated carbocycles. The van der Waals surface area contributed by atoms with Gasteiger partial charge in [0.2, 0.25) is 0 Å². The fourth-order valence-electron chi connectivity index (χ4n) is 4.92. The van der Waals surface area contributed by atoms with E-state index in [1.165, 1.54) is 30.0 Å². The Balaban J connectivity index is 0.000000470. The summed E-state index contributed by atoms with van der Waals surface area (Å²) >= 11 is 6.42. The van der Waals surface area contributed by atoms with Crippen LogP contribution in [-0.2, 0) is 19.7 Å². The van der Waals surface area contributed by atoms with Crippen molar-refractivity contribution >= 4 is 44.6 Å². The topological polar surface area (TPSA) is 143 Å². The maximum Gasteiger partial charge on any atom is 0.490 e. The molecule has 0 unspecified atom stereocenters. The van der Waals surface area contributed by atoms with Gasteiger partial charge in [-0.3, -0.25) is 4.72 Å². The highest BCUT2D eigenvalue weighted by molar-refractivity contribution is 7.90. The molecule has 2 saturated heterocycles. The first-order valence-electron chi connectivity index (χ1n) is 13.1. The van der Waals surface area contributed by atoms with Crippen LogP contribution >= 0.6 is 11.6 Å². The molecule has 0 spiro atoms. The minimum atomic E-state index is -5.08. The number of carboxylic acids is 1. The van der Waals surface area contributed by atoms with Gasteiger partial charge >= 0.3 is 22.4 Å². The zero-order valence-electron chi connectivity index (χ0n) is 21.6. The number of carboxylic acid groups (broad SMARTS) is 1. The third-order valence-corrected chi connectivity index (χ3v) is 8.87. The number of hydrogen-bond acceptors (Lipinski definition) is 8. The van der Waals surface area contributed by atoms with Gasteiger partial charge in [-0.1, -0.05) is 29.6 Å². The number of alkyl halides is 3. The Bertz CT molecular complexity index is 1260. The highest BCUT2D eigenvalue weighted by Gasteiger charge is 2.38. The van der Waals surface area contributed by atoms with E-state index in [1.807, 2.05) is 0 Å². The number of rotatable bonds is 8. The molecule has 2 aliphatic heterocycles. The maximum absolute atomic E-state index is 13.0. The van der Waals surface area contributed by atoms with Crippen molar-refractivity contribution < 1.29 is 45.5 Å². The van der Waals surface area contributed by atoms with Crippen LogP contribution in [0.1, 0.15) is 44.9 Å². The highest BCUT2D eigenvalue weighted by atomic mass is 35.5. The summed E-state index contributed by atoms with van der Waals surface area (Å²) in [6.45, 7) is 3.27. The lowest BCUT2D eigenvalue weighted by Crippen LogP contribution is -2.44. The number of aliphatic carboxylic acids is 1. The molecule has 0 radical (unpaired) electrons. The van der Waals surface area contributed by atoms with Crippen molar-refractivity contribution in [2.75, 3.05) is 37.5 Å². The maximum atomic E-state index is 13.0. The molecule has 0 bridgehead atoms. The summed E-state index contributed by atoms with van der Waals surface area (Å²) < 4.78 is 79.1. The number of nitrogens with zero attached hydrogens (tertiary/aromatic N) is 2. The summed E-state index contributed by atoms with van der Waals surface area (Å²) in [5.74, 6) is -1.54. The van der Waals surface area contributed by atoms with Gasteiger partial charge in [0.25, 0.3) is 0 Å². The van der Waals surface area contributed by atoms with Crippen molar-refractivity contribution in [1.82, 2.24) is 14.8 Å². The Kier molecular flexibility index (Phi) is 10.0. The summed E-state index contributed by atoms with van der Waals surface area (Å²) in [4.78, 5) is 8.90. The van der Waals surface area contributed by atoms with E-state index in [2.05, 4.69) is 15.2 Å². The Morgan fingerprint density at radius 1 is 1.18 bits per heavy atom. The second kappa shape index (κ2) is 13.1. The number of fused-ring (bicyclic) bond motifs is 1. The number of halogens is 4. The quantitative estimate of drug-likeness (QED) is 0.400. The number of hydrogen-bond donors (Lipinski definition) is 3. The Hall–Kier alpha value is -2.33. The molecule has 3 heterocycles. The van der Waals surface area contributed by atoms with Crippen molar-refractivity contribution in [1.29, 1.82) is 0 Å². The van der Waals surface area contributed by atoms with Crippen LogP contribution in [0.3, 0.4) is 0 Å². The van der Waals surface area contributed by atoms with Gasteiger partial charge in [0.1, 0.15) is 5.75 Å². The molecule has 11 nitrogen and oxygen atoms in total. The Labute approximate surface area is 234 Å². The number of nitrogens with one attached hydrogen (secondary N) is 2. The smallest absolute Gasteiger partial charge is 0.490 e. The molecule has 3 N–H and O–H groups in total. The van der Waals surface area contributed by atoms with Gasteiger partial charge in [0, 0.05) is 25.7 Å². The van der Waals surface area contributed by atoms with E-state index in [4.69, 9.17) is 35.5 Å². The third-order valence-electron chi connectivity index (χ3n) is 7.08. The largest absolute Gasteiger partial charge is 0.492 e. The lowest BCUT2D eigenvalue weighted by Gasteiger charge is -2.32. The van der Waals surface area contributed by atoms with Crippen LogP contribution in [0.5, 0.6) is 5.75 Å². The molecule has 3 aliphatic rings. The predicted molar refractivity (Wildman–Crippen MR) is 140 cm³/mol. The van der Waals surface area contributed by atoms with E-state index in [0.29, 0.717) is 60.2 Å². The van der Waals surface area contributed by atoms with Crippen LogP contribution in [0.15, 0.2) is 16.7 Å². The van der Waals surface area contributed by atoms with Crippen molar-refractivity contribution in [3.63, 3.8) is 0 Å². The van der Waals surface area contributed by atoms with Gasteiger partial charge in [-0.2, -0.15) is 25.9 Å². The normalized spacial score (nSPS) is 21.4. The van der Waals surface area contributed by atoms with Crippen LogP contribution in [0.25, 0.3) is 11.0 Å². The zero-order valence-corrected chi connectivity index (χ0v) is 23.2. The Morgan fingerprint density at radius 3 is 2.45 bits per heavy atom. The molecular formula is C24H32ClF3N4O7S. The molecular weight excluding hydrogens is 581 g/mol. The molecule has 16 heteroatoms. The SMILES string of the molecule is O=C(O)C(F)(F)F.O=S(=O)(Nc1noc2cc(OCC3CCCC3)c(Cl)cc12)N1CCC(O[C@@H]2CCNC2)CC1. The van der Waals surface area contributed by atoms with Gasteiger partial charge in [-0.05, 0) is 50.6 Å². The van der Waals surface area contributed by atoms with Crippen LogP contribution in [-0.4, -0.2) is 80.1 Å². The molecule has 5 rings (SSSR count). The van der Waals surface area contributed by atoms with Crippen molar-refractivity contribution in [2.45, 2.75) is 63.3 Å². The van der Waals surface area contributed by atoms with Gasteiger partial charge in [0.15, 0.2) is 11.4 Å². The molecule has 1 aromatic carbocycles. The van der Waals surface area contributed by atoms with E-state index >= 15 is 0 Å². The summed E-state index contributed by atoms with van der Waals surface area (Å²) in [6, 6.07) is 3.32. The molecule has 3 fully saturated rings. The van der Waals surface area contributed by atoms with Gasteiger partial charge < -0.3 is 24.4 Å². The standard InChI is InChI=1S/C22H31ClN4O5S.C2HF3O2/c23-19-11-18-20(12-21(19)30-14-15-3-1-2-4-15)32-25-22(18)26-33(28,29)27-9-6-16(7-10-27)31-17-5-8-24-13-17;3-2(4,5)1(6)7/h11-12,15-17,24H,1-10,13-14H2,(H,25,26);(H,6,7)/t17-;/m1./s1. The average Bonchev–Trinajstić information content (AvgIpc) is 3.67. The summed E-state index contributed by atoms with van der Waals surface area (Å²) in [7, 11) is -3.77. The molecule has 1 atom stereocenters. The van der Waals surface area contributed by atoms with Crippen LogP contribution in [0.4, 0.5) is 19.0 Å². The number of aromatic nitrogens is 1. The van der Waals surface area contributed by atoms with E-state index in [1.54, 1.807) is 12.1 Å². The first-order chi connectivity index (χ1) is 18.9. The summed E-state index contributed by atoms with van der Waals surface area (Å²) in [6.07, 6.45) is 2.43. The fourth-order valence-corrected chi connectivity index (χ4v) is 6.35. The first-order valence-corrected chi connectivity index (χ1v) is 14.9. The van der Waals surface area contributed by atoms with Gasteiger partial charge in [0.05, 0.1) is 29.2 Å². The molecule has 1 aromatic heterocycles. The van der Waals surface area contributed by atoms with Crippen molar-refractivity contribution in [3.8, 4) is 5.75 Å². The van der Waals surface area contributed by atoms with E-state index < -0.39 is 22.4 Å². The number of piperidine rings is 1. The van der Waals surface area contributed by atoms with Crippen molar-refractivity contribution in [2.24, 2.45) is 5.92 Å². The predicted octanol–water partition coefficient (Wildman–Crippen LogP) is 4.18. The van der Waals surface area contributed by atoms with Crippen LogP contribution in [0.2, 0.25) is 5.02 Å². The molecule has 0 amide bonds. The third kappa shape index (κ3) is 8.12. The zero-order chi connectivity index (χ0) is 28.9. The second-order valence-corrected chi connectivity index (χ2v) is 12.1. The fraction of sp³-hybridized carbons (Fsp3) is 0.667. The number of ether oxygens (including phenoxy) is 2. The monoisotopic (exact) mass is 612 g/mol. The molecule has 2 aromatic rings. The molecule has 1 aliphatic carbocycles. The van der Waals surface area contributed by atoms with Gasteiger partial charge in [-0.25, -0.2) is 4.79 Å². The van der Waals surface area contributed by atoms with Crippen molar-refractivity contribution in [3.05, 3.63) is 17.2 Å². The highest BCUT2D eigenvalue weighted by Crippen LogP contribution is 2.35. The lowest BCUT2D eigenvalue weighted by molar-refractivity contribution is -0.192. The Morgan fingerprint density at radius 2 is 1.85 bits per heavy atom. The number of carbonyl (C=O) groups is 1. The minimum Gasteiger partial charge on any atom is -0.492 e. The van der Waals surface area contributed by atoms with Crippen LogP contribution in [0, 0.1) is 5.92 Å². The van der Waals surface area contributed by atoms with Crippen LogP contribution < -0.4 is 14.8 Å². The van der Waals surface area contributed by atoms with E-state index in [-0.39, 0.29) is 18.0 Å². The number of anilines is 1. The molecule has 224 valence electrons. The minimum absolute atomic E-state index is 0.0932. The van der Waals surface area contributed by atoms with E-state index in [9.17, 15) is 21.6 Å². The summed E-state index contributed by atoms with van der Waals surface area (Å²) in [5, 5.41) is 15.3. The van der Waals surface area contributed by atoms with Gasteiger partial charge in [-0.15, -0.1) is 0 Å². The van der Waals surface area contributed by atoms with E-state index in [0.717, 1.165) is 19.5 Å². The molecule has 40 heavy (non-hydrogen) atoms. The summed E-state index contributed by atoms with van der Waals surface area (Å²) in [5.41, 5.74) is 0.427. The number of benzene rings is 1.